The fourth-order valence-corrected chi connectivity index (χ4v) is 2.16. The van der Waals surface area contributed by atoms with Gasteiger partial charge >= 0.3 is 0 Å². The average molecular weight is 245 g/mol. The molecule has 0 spiro atoms. The van der Waals surface area contributed by atoms with E-state index in [0.29, 0.717) is 25.2 Å². The van der Waals surface area contributed by atoms with Gasteiger partial charge in [0.2, 0.25) is 0 Å². The lowest BCUT2D eigenvalue weighted by molar-refractivity contribution is 0.0169. The van der Waals surface area contributed by atoms with Crippen molar-refractivity contribution in [1.29, 1.82) is 0 Å². The molecule has 0 bridgehead atoms. The highest BCUT2D eigenvalue weighted by Gasteiger charge is 2.23. The molecule has 4 nitrogen and oxygen atoms in total. The van der Waals surface area contributed by atoms with Crippen molar-refractivity contribution in [2.75, 3.05) is 46.7 Å². The largest absolute Gasteiger partial charge is 0.382 e. The van der Waals surface area contributed by atoms with Crippen molar-refractivity contribution >= 4 is 0 Å². The Morgan fingerprint density at radius 2 is 2.06 bits per heavy atom. The van der Waals surface area contributed by atoms with Crippen LogP contribution in [0.1, 0.15) is 26.2 Å². The number of hydrogen-bond donors (Lipinski definition) is 1. The van der Waals surface area contributed by atoms with Crippen LogP contribution in [0.5, 0.6) is 0 Å². The van der Waals surface area contributed by atoms with Gasteiger partial charge in [0, 0.05) is 26.4 Å². The van der Waals surface area contributed by atoms with Gasteiger partial charge in [0.25, 0.3) is 0 Å². The molecule has 0 amide bonds. The van der Waals surface area contributed by atoms with E-state index >= 15 is 0 Å². The van der Waals surface area contributed by atoms with Crippen molar-refractivity contribution < 1.29 is 14.2 Å². The highest BCUT2D eigenvalue weighted by Crippen LogP contribution is 2.19. The van der Waals surface area contributed by atoms with Gasteiger partial charge in [-0.15, -0.1) is 0 Å². The predicted molar refractivity (Wildman–Crippen MR) is 68.3 cm³/mol. The molecule has 1 unspecified atom stereocenters. The summed E-state index contributed by atoms with van der Waals surface area (Å²) in [5.41, 5.74) is 0. The van der Waals surface area contributed by atoms with Crippen LogP contribution in [-0.4, -0.2) is 52.7 Å². The molecule has 1 atom stereocenters. The number of ether oxygens (including phenoxy) is 3. The molecule has 1 N–H and O–H groups in total. The molecule has 0 aromatic rings. The zero-order chi connectivity index (χ0) is 12.3. The molecule has 0 aliphatic carbocycles. The molecule has 1 aliphatic rings. The number of nitrogens with one attached hydrogen (secondary N) is 1. The van der Waals surface area contributed by atoms with Gasteiger partial charge in [0.1, 0.15) is 0 Å². The Hall–Kier alpha value is -0.160. The maximum absolute atomic E-state index is 5.66. The first-order valence-corrected chi connectivity index (χ1v) is 6.76. The van der Waals surface area contributed by atoms with Gasteiger partial charge in [0.15, 0.2) is 0 Å². The first-order chi connectivity index (χ1) is 8.38. The fourth-order valence-electron chi connectivity index (χ4n) is 2.16. The van der Waals surface area contributed by atoms with Crippen molar-refractivity contribution in [3.05, 3.63) is 0 Å². The second kappa shape index (κ2) is 9.83. The summed E-state index contributed by atoms with van der Waals surface area (Å²) in [7, 11) is 1.70. The Morgan fingerprint density at radius 1 is 1.29 bits per heavy atom. The number of hydrogen-bond acceptors (Lipinski definition) is 4. The van der Waals surface area contributed by atoms with E-state index < -0.39 is 0 Å². The average Bonchev–Trinajstić information content (AvgIpc) is 2.39. The lowest BCUT2D eigenvalue weighted by atomic mass is 9.92. The van der Waals surface area contributed by atoms with Gasteiger partial charge in [-0.2, -0.15) is 0 Å². The van der Waals surface area contributed by atoms with Crippen LogP contribution >= 0.6 is 0 Å². The summed E-state index contributed by atoms with van der Waals surface area (Å²) in [4.78, 5) is 0. The summed E-state index contributed by atoms with van der Waals surface area (Å²) in [6, 6.07) is 0.468. The lowest BCUT2D eigenvalue weighted by Crippen LogP contribution is -2.43. The Kier molecular flexibility index (Phi) is 8.61. The van der Waals surface area contributed by atoms with Crippen LogP contribution in [0, 0.1) is 5.92 Å². The van der Waals surface area contributed by atoms with Crippen LogP contribution in [0.2, 0.25) is 0 Å². The third kappa shape index (κ3) is 6.36. The lowest BCUT2D eigenvalue weighted by Gasteiger charge is -2.31. The minimum atomic E-state index is 0.468. The second-order valence-corrected chi connectivity index (χ2v) is 4.58. The number of methoxy groups -OCH3 is 1. The predicted octanol–water partition coefficient (Wildman–Crippen LogP) is 1.44. The molecule has 1 rings (SSSR count). The first kappa shape index (κ1) is 14.9. The van der Waals surface area contributed by atoms with Gasteiger partial charge in [-0.1, -0.05) is 6.92 Å². The Balaban J connectivity index is 2.25. The summed E-state index contributed by atoms with van der Waals surface area (Å²) < 4.78 is 16.1. The van der Waals surface area contributed by atoms with Gasteiger partial charge in [-0.05, 0) is 31.7 Å². The second-order valence-electron chi connectivity index (χ2n) is 4.58. The normalized spacial score (nSPS) is 19.4. The van der Waals surface area contributed by atoms with Crippen LogP contribution in [0.25, 0.3) is 0 Å². The first-order valence-electron chi connectivity index (χ1n) is 6.76. The van der Waals surface area contributed by atoms with Gasteiger partial charge in [-0.25, -0.2) is 0 Å². The molecule has 1 fully saturated rings. The summed E-state index contributed by atoms with van der Waals surface area (Å²) in [6.45, 7) is 7.20. The van der Waals surface area contributed by atoms with E-state index in [9.17, 15) is 0 Å². The summed E-state index contributed by atoms with van der Waals surface area (Å²) in [5.74, 6) is 0.692. The molecule has 0 saturated carbocycles. The van der Waals surface area contributed by atoms with Gasteiger partial charge in [-0.3, -0.25) is 0 Å². The molecule has 0 aromatic heterocycles. The molecule has 1 heterocycles. The molecular weight excluding hydrogens is 218 g/mol. The molecule has 17 heavy (non-hydrogen) atoms. The van der Waals surface area contributed by atoms with Crippen molar-refractivity contribution in [3.8, 4) is 0 Å². The molecule has 4 heteroatoms. The van der Waals surface area contributed by atoms with Crippen molar-refractivity contribution in [1.82, 2.24) is 5.32 Å². The zero-order valence-corrected chi connectivity index (χ0v) is 11.2. The number of rotatable bonds is 9. The third-order valence-corrected chi connectivity index (χ3v) is 3.22. The van der Waals surface area contributed by atoms with Crippen LogP contribution in [0.4, 0.5) is 0 Å². The fraction of sp³-hybridized carbons (Fsp3) is 1.00. The molecule has 0 aromatic carbocycles. The molecule has 1 aliphatic heterocycles. The molecule has 1 saturated heterocycles. The van der Waals surface area contributed by atoms with Crippen molar-refractivity contribution in [3.63, 3.8) is 0 Å². The van der Waals surface area contributed by atoms with E-state index in [4.69, 9.17) is 14.2 Å². The Morgan fingerprint density at radius 3 is 2.71 bits per heavy atom. The topological polar surface area (TPSA) is 39.7 Å². The van der Waals surface area contributed by atoms with Crippen molar-refractivity contribution in [2.24, 2.45) is 5.92 Å². The summed E-state index contributed by atoms with van der Waals surface area (Å²) in [5, 5.41) is 3.59. The van der Waals surface area contributed by atoms with E-state index in [1.54, 1.807) is 7.11 Å². The van der Waals surface area contributed by atoms with Crippen LogP contribution in [0.3, 0.4) is 0 Å². The summed E-state index contributed by atoms with van der Waals surface area (Å²) in [6.07, 6.45) is 3.46. The molecular formula is C13H27NO3. The SMILES string of the molecule is CCCNC(COCCOC)C1CCOCC1. The minimum absolute atomic E-state index is 0.468. The smallest absolute Gasteiger partial charge is 0.0701 e. The quantitative estimate of drug-likeness (QED) is 0.624. The van der Waals surface area contributed by atoms with Crippen LogP contribution < -0.4 is 5.32 Å². The molecule has 0 radical (unpaired) electrons. The maximum atomic E-state index is 5.66. The zero-order valence-electron chi connectivity index (χ0n) is 11.2. The van der Waals surface area contributed by atoms with E-state index in [-0.39, 0.29) is 0 Å². The van der Waals surface area contributed by atoms with Crippen molar-refractivity contribution in [2.45, 2.75) is 32.2 Å². The molecule has 102 valence electrons. The van der Waals surface area contributed by atoms with Crippen LogP contribution in [-0.2, 0) is 14.2 Å². The third-order valence-electron chi connectivity index (χ3n) is 3.22. The van der Waals surface area contributed by atoms with Gasteiger partial charge < -0.3 is 19.5 Å². The minimum Gasteiger partial charge on any atom is -0.382 e. The Bertz CT molecular complexity index is 172. The van der Waals surface area contributed by atoms with E-state index in [1.165, 1.54) is 0 Å². The monoisotopic (exact) mass is 245 g/mol. The standard InChI is InChI=1S/C13H27NO3/c1-3-6-14-13(11-17-10-9-15-2)12-4-7-16-8-5-12/h12-14H,3-11H2,1-2H3. The maximum Gasteiger partial charge on any atom is 0.0701 e. The van der Waals surface area contributed by atoms with E-state index in [1.807, 2.05) is 0 Å². The highest BCUT2D eigenvalue weighted by molar-refractivity contribution is 4.78. The summed E-state index contributed by atoms with van der Waals surface area (Å²) >= 11 is 0. The Labute approximate surface area is 105 Å². The van der Waals surface area contributed by atoms with E-state index in [0.717, 1.165) is 45.6 Å². The van der Waals surface area contributed by atoms with Gasteiger partial charge in [0.05, 0.1) is 19.8 Å². The van der Waals surface area contributed by atoms with E-state index in [2.05, 4.69) is 12.2 Å². The van der Waals surface area contributed by atoms with Crippen LogP contribution in [0.15, 0.2) is 0 Å². The highest BCUT2D eigenvalue weighted by atomic mass is 16.5.